The zero-order valence-electron chi connectivity index (χ0n) is 13.6. The fraction of sp³-hybridized carbons (Fsp3) is 0.562. The van der Waals surface area contributed by atoms with E-state index in [1.807, 2.05) is 13.2 Å². The van der Waals surface area contributed by atoms with Crippen molar-refractivity contribution in [2.45, 2.75) is 37.1 Å². The van der Waals surface area contributed by atoms with Crippen LogP contribution in [0.2, 0.25) is 0 Å². The number of aryl methyl sites for hydroxylation is 1. The molecule has 2 rings (SSSR count). The average Bonchev–Trinajstić information content (AvgIpc) is 3.05. The van der Waals surface area contributed by atoms with Crippen LogP contribution in [-0.2, 0) is 14.8 Å². The highest BCUT2D eigenvalue weighted by atomic mass is 32.2. The van der Waals surface area contributed by atoms with Crippen molar-refractivity contribution in [3.63, 3.8) is 0 Å². The molecule has 1 saturated heterocycles. The Hall–Kier alpha value is -1.05. The van der Waals surface area contributed by atoms with Crippen molar-refractivity contribution in [1.82, 2.24) is 9.62 Å². The fourth-order valence-electron chi connectivity index (χ4n) is 2.60. The summed E-state index contributed by atoms with van der Waals surface area (Å²) in [4.78, 5) is 14.6. The molecule has 0 bridgehead atoms. The quantitative estimate of drug-likeness (QED) is 0.812. The number of sulfonamides is 1. The summed E-state index contributed by atoms with van der Waals surface area (Å²) in [7, 11) is -3.69. The van der Waals surface area contributed by atoms with Crippen molar-refractivity contribution in [3.05, 3.63) is 29.8 Å². The molecule has 1 aliphatic rings. The van der Waals surface area contributed by atoms with Gasteiger partial charge in [-0.3, -0.25) is 4.79 Å². The third kappa shape index (κ3) is 4.96. The van der Waals surface area contributed by atoms with Gasteiger partial charge in [0.25, 0.3) is 0 Å². The maximum Gasteiger partial charge on any atom is 0.241 e. The molecule has 0 aromatic heterocycles. The van der Waals surface area contributed by atoms with E-state index in [0.717, 1.165) is 37.2 Å². The third-order valence-electron chi connectivity index (χ3n) is 3.96. The van der Waals surface area contributed by atoms with E-state index < -0.39 is 16.1 Å². The van der Waals surface area contributed by atoms with Crippen LogP contribution in [0.15, 0.2) is 29.2 Å². The molecule has 0 aliphatic carbocycles. The van der Waals surface area contributed by atoms with Crippen LogP contribution < -0.4 is 4.72 Å². The molecule has 1 amide bonds. The second kappa shape index (κ2) is 8.17. The van der Waals surface area contributed by atoms with Gasteiger partial charge in [-0.05, 0) is 50.3 Å². The van der Waals surface area contributed by atoms with Crippen molar-refractivity contribution >= 4 is 27.7 Å². The number of benzene rings is 1. The lowest BCUT2D eigenvalue weighted by Gasteiger charge is -2.23. The summed E-state index contributed by atoms with van der Waals surface area (Å²) >= 11 is 1.61. The molecular weight excluding hydrogens is 332 g/mol. The number of likely N-dealkylation sites (tertiary alicyclic amines) is 1. The maximum absolute atomic E-state index is 12.6. The molecule has 1 atom stereocenters. The van der Waals surface area contributed by atoms with E-state index in [4.69, 9.17) is 0 Å². The number of hydrogen-bond acceptors (Lipinski definition) is 4. The number of carbonyl (C=O) groups excluding carboxylic acids is 1. The van der Waals surface area contributed by atoms with Crippen LogP contribution in [0.1, 0.15) is 24.8 Å². The van der Waals surface area contributed by atoms with E-state index in [1.165, 1.54) is 0 Å². The molecule has 1 aromatic rings. The second-order valence-electron chi connectivity index (χ2n) is 5.80. The van der Waals surface area contributed by atoms with E-state index in [0.29, 0.717) is 6.42 Å². The number of thioether (sulfide) groups is 1. The molecule has 23 heavy (non-hydrogen) atoms. The Balaban J connectivity index is 2.15. The van der Waals surface area contributed by atoms with E-state index in [-0.39, 0.29) is 10.8 Å². The number of nitrogens with one attached hydrogen (secondary N) is 1. The number of nitrogens with zero attached hydrogens (tertiary/aromatic N) is 1. The van der Waals surface area contributed by atoms with Crippen LogP contribution in [-0.4, -0.2) is 50.4 Å². The normalized spacial score (nSPS) is 16.5. The zero-order chi connectivity index (χ0) is 16.9. The first-order valence-electron chi connectivity index (χ1n) is 7.81. The first-order valence-corrected chi connectivity index (χ1v) is 10.7. The predicted octanol–water partition coefficient (Wildman–Crippen LogP) is 2.02. The predicted molar refractivity (Wildman–Crippen MR) is 94.1 cm³/mol. The van der Waals surface area contributed by atoms with Gasteiger partial charge in [-0.25, -0.2) is 8.42 Å². The van der Waals surface area contributed by atoms with E-state index in [1.54, 1.807) is 40.9 Å². The summed E-state index contributed by atoms with van der Waals surface area (Å²) in [6.07, 6.45) is 4.44. The molecule has 7 heteroatoms. The fourth-order valence-corrected chi connectivity index (χ4v) is 4.29. The Kier molecular flexibility index (Phi) is 6.50. The summed E-state index contributed by atoms with van der Waals surface area (Å²) in [5.41, 5.74) is 0.996. The van der Waals surface area contributed by atoms with Crippen LogP contribution in [0, 0.1) is 6.92 Å². The molecule has 0 unspecified atom stereocenters. The monoisotopic (exact) mass is 356 g/mol. The molecule has 1 heterocycles. The molecule has 1 aromatic carbocycles. The van der Waals surface area contributed by atoms with Crippen molar-refractivity contribution in [1.29, 1.82) is 0 Å². The molecule has 0 saturated carbocycles. The summed E-state index contributed by atoms with van der Waals surface area (Å²) in [5.74, 6) is 0.632. The van der Waals surface area contributed by atoms with Gasteiger partial charge in [0.05, 0.1) is 4.90 Å². The van der Waals surface area contributed by atoms with Crippen LogP contribution in [0.5, 0.6) is 0 Å². The van der Waals surface area contributed by atoms with Crippen LogP contribution in [0.3, 0.4) is 0 Å². The van der Waals surface area contributed by atoms with Gasteiger partial charge >= 0.3 is 0 Å². The van der Waals surface area contributed by atoms with Gasteiger partial charge in [-0.15, -0.1) is 0 Å². The van der Waals surface area contributed by atoms with E-state index >= 15 is 0 Å². The summed E-state index contributed by atoms with van der Waals surface area (Å²) < 4.78 is 27.7. The van der Waals surface area contributed by atoms with Crippen molar-refractivity contribution in [3.8, 4) is 0 Å². The van der Waals surface area contributed by atoms with Crippen LogP contribution in [0.4, 0.5) is 0 Å². The minimum Gasteiger partial charge on any atom is -0.341 e. The number of carbonyl (C=O) groups is 1. The van der Waals surface area contributed by atoms with Crippen LogP contribution in [0.25, 0.3) is 0 Å². The lowest BCUT2D eigenvalue weighted by atomic mass is 10.2. The highest BCUT2D eigenvalue weighted by Crippen LogP contribution is 2.15. The molecule has 1 N–H and O–H groups in total. The lowest BCUT2D eigenvalue weighted by molar-refractivity contribution is -0.131. The average molecular weight is 357 g/mol. The highest BCUT2D eigenvalue weighted by molar-refractivity contribution is 7.98. The van der Waals surface area contributed by atoms with E-state index in [2.05, 4.69) is 4.72 Å². The minimum absolute atomic E-state index is 0.104. The first-order chi connectivity index (χ1) is 10.9. The number of amides is 1. The van der Waals surface area contributed by atoms with Gasteiger partial charge in [-0.2, -0.15) is 16.5 Å². The van der Waals surface area contributed by atoms with Crippen molar-refractivity contribution < 1.29 is 13.2 Å². The summed E-state index contributed by atoms with van der Waals surface area (Å²) in [5, 5.41) is 0. The van der Waals surface area contributed by atoms with Crippen molar-refractivity contribution in [2.75, 3.05) is 25.1 Å². The molecule has 1 fully saturated rings. The van der Waals surface area contributed by atoms with Gasteiger partial charge in [0, 0.05) is 13.1 Å². The Morgan fingerprint density at radius 3 is 2.43 bits per heavy atom. The lowest BCUT2D eigenvalue weighted by Crippen LogP contribution is -2.47. The topological polar surface area (TPSA) is 66.5 Å². The Morgan fingerprint density at radius 1 is 1.26 bits per heavy atom. The number of hydrogen-bond donors (Lipinski definition) is 1. The third-order valence-corrected chi connectivity index (χ3v) is 6.09. The molecule has 5 nitrogen and oxygen atoms in total. The van der Waals surface area contributed by atoms with Gasteiger partial charge in [0.1, 0.15) is 6.04 Å². The number of rotatable bonds is 7. The van der Waals surface area contributed by atoms with Gasteiger partial charge in [-0.1, -0.05) is 17.7 Å². The minimum atomic E-state index is -3.69. The second-order valence-corrected chi connectivity index (χ2v) is 8.50. The van der Waals surface area contributed by atoms with Crippen LogP contribution >= 0.6 is 11.8 Å². The highest BCUT2D eigenvalue weighted by Gasteiger charge is 2.30. The summed E-state index contributed by atoms with van der Waals surface area (Å²) in [6.45, 7) is 3.35. The van der Waals surface area contributed by atoms with E-state index in [9.17, 15) is 13.2 Å². The Labute approximate surface area is 142 Å². The van der Waals surface area contributed by atoms with Gasteiger partial charge in [0.2, 0.25) is 15.9 Å². The van der Waals surface area contributed by atoms with Crippen molar-refractivity contribution in [2.24, 2.45) is 0 Å². The summed E-state index contributed by atoms with van der Waals surface area (Å²) in [6, 6.07) is 5.97. The largest absolute Gasteiger partial charge is 0.341 e. The maximum atomic E-state index is 12.6. The zero-order valence-corrected chi connectivity index (χ0v) is 15.3. The molecule has 0 spiro atoms. The van der Waals surface area contributed by atoms with Gasteiger partial charge in [0.15, 0.2) is 0 Å². The SMILES string of the molecule is CSCC[C@@H](NS(=O)(=O)c1ccc(C)cc1)C(=O)N1CCCC1. The Morgan fingerprint density at radius 2 is 1.87 bits per heavy atom. The first kappa shape index (κ1) is 18.3. The standard InChI is InChI=1S/C16H24N2O3S2/c1-13-5-7-14(8-6-13)23(20,21)17-15(9-12-22-2)16(19)18-10-3-4-11-18/h5-8,15,17H,3-4,9-12H2,1-2H3/t15-/m1/s1. The smallest absolute Gasteiger partial charge is 0.241 e. The molecule has 1 aliphatic heterocycles. The molecule has 0 radical (unpaired) electrons. The Bertz CT molecular complexity index is 623. The van der Waals surface area contributed by atoms with Gasteiger partial charge < -0.3 is 4.90 Å². The molecular formula is C16H24N2O3S2. The molecule has 128 valence electrons.